The molecule has 2 rings (SSSR count). The van der Waals surface area contributed by atoms with Gasteiger partial charge >= 0.3 is 5.97 Å². The standard InChI is InChI=1S/C13H18N2O2/c1-9-3-2-8-14-12(9)15-11-6-4-10(5-7-11)13(16)17/h2-3,8,10-11H,4-7H2,1H3,(H,14,15)(H,16,17). The van der Waals surface area contributed by atoms with E-state index in [1.54, 1.807) is 6.20 Å². The summed E-state index contributed by atoms with van der Waals surface area (Å²) in [6.07, 6.45) is 5.12. The molecule has 0 radical (unpaired) electrons. The van der Waals surface area contributed by atoms with Crippen LogP contribution in [-0.2, 0) is 4.79 Å². The van der Waals surface area contributed by atoms with Crippen LogP contribution in [0.1, 0.15) is 31.2 Å². The highest BCUT2D eigenvalue weighted by molar-refractivity contribution is 5.70. The first-order valence-electron chi connectivity index (χ1n) is 6.08. The maximum Gasteiger partial charge on any atom is 0.306 e. The number of anilines is 1. The average Bonchev–Trinajstić information content (AvgIpc) is 2.33. The molecule has 0 spiro atoms. The SMILES string of the molecule is Cc1cccnc1NC1CCC(C(=O)O)CC1. The first kappa shape index (κ1) is 11.9. The van der Waals surface area contributed by atoms with Crippen LogP contribution in [0.2, 0.25) is 0 Å². The van der Waals surface area contributed by atoms with E-state index in [2.05, 4.69) is 10.3 Å². The summed E-state index contributed by atoms with van der Waals surface area (Å²) in [5.41, 5.74) is 1.13. The van der Waals surface area contributed by atoms with Gasteiger partial charge in [0.15, 0.2) is 0 Å². The van der Waals surface area contributed by atoms with Gasteiger partial charge in [-0.15, -0.1) is 0 Å². The fraction of sp³-hybridized carbons (Fsp3) is 0.538. The molecule has 1 aliphatic rings. The van der Waals surface area contributed by atoms with Gasteiger partial charge < -0.3 is 10.4 Å². The van der Waals surface area contributed by atoms with E-state index in [1.807, 2.05) is 19.1 Å². The number of hydrogen-bond donors (Lipinski definition) is 2. The van der Waals surface area contributed by atoms with Gasteiger partial charge in [-0.1, -0.05) is 6.07 Å². The predicted octanol–water partition coefficient (Wildman–Crippen LogP) is 2.45. The Hall–Kier alpha value is -1.58. The maximum atomic E-state index is 10.8. The van der Waals surface area contributed by atoms with Crippen molar-refractivity contribution in [1.82, 2.24) is 4.98 Å². The third-order valence-corrected chi connectivity index (χ3v) is 3.43. The van der Waals surface area contributed by atoms with Gasteiger partial charge in [0, 0.05) is 12.2 Å². The highest BCUT2D eigenvalue weighted by Crippen LogP contribution is 2.26. The smallest absolute Gasteiger partial charge is 0.306 e. The van der Waals surface area contributed by atoms with E-state index >= 15 is 0 Å². The van der Waals surface area contributed by atoms with Crippen molar-refractivity contribution in [2.24, 2.45) is 5.92 Å². The molecular formula is C13H18N2O2. The number of carboxylic acids is 1. The number of aromatic nitrogens is 1. The molecular weight excluding hydrogens is 216 g/mol. The molecule has 0 atom stereocenters. The number of aryl methyl sites for hydroxylation is 1. The minimum Gasteiger partial charge on any atom is -0.481 e. The lowest BCUT2D eigenvalue weighted by atomic mass is 9.86. The van der Waals surface area contributed by atoms with E-state index in [0.717, 1.165) is 37.1 Å². The van der Waals surface area contributed by atoms with Gasteiger partial charge in [0.25, 0.3) is 0 Å². The molecule has 0 bridgehead atoms. The van der Waals surface area contributed by atoms with Crippen LogP contribution in [0.3, 0.4) is 0 Å². The zero-order valence-corrected chi connectivity index (χ0v) is 10.0. The summed E-state index contributed by atoms with van der Waals surface area (Å²) in [6, 6.07) is 4.30. The second-order valence-corrected chi connectivity index (χ2v) is 4.70. The molecule has 17 heavy (non-hydrogen) atoms. The minimum atomic E-state index is -0.655. The molecule has 1 heterocycles. The molecule has 0 amide bonds. The lowest BCUT2D eigenvalue weighted by molar-refractivity contribution is -0.142. The average molecular weight is 234 g/mol. The predicted molar refractivity (Wildman–Crippen MR) is 66.0 cm³/mol. The van der Waals surface area contributed by atoms with Crippen molar-refractivity contribution in [1.29, 1.82) is 0 Å². The van der Waals surface area contributed by atoms with Crippen LogP contribution < -0.4 is 5.32 Å². The number of rotatable bonds is 3. The summed E-state index contributed by atoms with van der Waals surface area (Å²) < 4.78 is 0. The molecule has 1 fully saturated rings. The molecule has 0 saturated heterocycles. The van der Waals surface area contributed by atoms with Crippen LogP contribution in [0, 0.1) is 12.8 Å². The number of carbonyl (C=O) groups is 1. The van der Waals surface area contributed by atoms with Crippen molar-refractivity contribution in [3.8, 4) is 0 Å². The van der Waals surface area contributed by atoms with E-state index in [0.29, 0.717) is 6.04 Å². The Morgan fingerprint density at radius 3 is 2.71 bits per heavy atom. The lowest BCUT2D eigenvalue weighted by Gasteiger charge is -2.27. The van der Waals surface area contributed by atoms with E-state index in [9.17, 15) is 4.79 Å². The molecule has 1 aromatic heterocycles. The maximum absolute atomic E-state index is 10.8. The van der Waals surface area contributed by atoms with E-state index in [4.69, 9.17) is 5.11 Å². The number of nitrogens with one attached hydrogen (secondary N) is 1. The Bertz CT molecular complexity index is 398. The molecule has 1 aromatic rings. The van der Waals surface area contributed by atoms with Crippen LogP contribution in [-0.4, -0.2) is 22.1 Å². The molecule has 1 saturated carbocycles. The van der Waals surface area contributed by atoms with Crippen molar-refractivity contribution in [2.75, 3.05) is 5.32 Å². The van der Waals surface area contributed by atoms with Gasteiger partial charge in [0.2, 0.25) is 0 Å². The zero-order chi connectivity index (χ0) is 12.3. The number of aliphatic carboxylic acids is 1. The van der Waals surface area contributed by atoms with Crippen molar-refractivity contribution in [3.63, 3.8) is 0 Å². The molecule has 0 aromatic carbocycles. The van der Waals surface area contributed by atoms with Gasteiger partial charge in [0.05, 0.1) is 5.92 Å². The molecule has 0 aliphatic heterocycles. The van der Waals surface area contributed by atoms with Crippen LogP contribution in [0.25, 0.3) is 0 Å². The molecule has 1 aliphatic carbocycles. The Kier molecular flexibility index (Phi) is 3.61. The third-order valence-electron chi connectivity index (χ3n) is 3.43. The van der Waals surface area contributed by atoms with E-state index in [1.165, 1.54) is 0 Å². The first-order chi connectivity index (χ1) is 8.16. The largest absolute Gasteiger partial charge is 0.481 e. The van der Waals surface area contributed by atoms with Crippen LogP contribution in [0.15, 0.2) is 18.3 Å². The number of pyridine rings is 1. The van der Waals surface area contributed by atoms with Crippen molar-refractivity contribution in [2.45, 2.75) is 38.6 Å². The summed E-state index contributed by atoms with van der Waals surface area (Å²) >= 11 is 0. The minimum absolute atomic E-state index is 0.155. The summed E-state index contributed by atoms with van der Waals surface area (Å²) in [5, 5.41) is 12.3. The third kappa shape index (κ3) is 2.96. The van der Waals surface area contributed by atoms with E-state index < -0.39 is 5.97 Å². The molecule has 4 heteroatoms. The second kappa shape index (κ2) is 5.17. The summed E-state index contributed by atoms with van der Waals surface area (Å²) in [6.45, 7) is 2.03. The Morgan fingerprint density at radius 1 is 1.41 bits per heavy atom. The van der Waals surface area contributed by atoms with Crippen LogP contribution in [0.5, 0.6) is 0 Å². The molecule has 4 nitrogen and oxygen atoms in total. The highest BCUT2D eigenvalue weighted by Gasteiger charge is 2.25. The lowest BCUT2D eigenvalue weighted by Crippen LogP contribution is -2.29. The normalized spacial score (nSPS) is 24.3. The quantitative estimate of drug-likeness (QED) is 0.843. The fourth-order valence-corrected chi connectivity index (χ4v) is 2.31. The molecule has 2 N–H and O–H groups in total. The van der Waals surface area contributed by atoms with Crippen molar-refractivity contribution >= 4 is 11.8 Å². The Morgan fingerprint density at radius 2 is 2.12 bits per heavy atom. The van der Waals surface area contributed by atoms with Crippen molar-refractivity contribution < 1.29 is 9.90 Å². The first-order valence-corrected chi connectivity index (χ1v) is 6.08. The number of hydrogen-bond acceptors (Lipinski definition) is 3. The fourth-order valence-electron chi connectivity index (χ4n) is 2.31. The monoisotopic (exact) mass is 234 g/mol. The van der Waals surface area contributed by atoms with Gasteiger partial charge in [-0.2, -0.15) is 0 Å². The molecule has 92 valence electrons. The van der Waals surface area contributed by atoms with Gasteiger partial charge in [-0.25, -0.2) is 4.98 Å². The summed E-state index contributed by atoms with van der Waals surface area (Å²) in [4.78, 5) is 15.1. The number of nitrogens with zero attached hydrogens (tertiary/aromatic N) is 1. The van der Waals surface area contributed by atoms with Crippen molar-refractivity contribution in [3.05, 3.63) is 23.9 Å². The Balaban J connectivity index is 1.90. The zero-order valence-electron chi connectivity index (χ0n) is 10.0. The molecule has 0 unspecified atom stereocenters. The summed E-state index contributed by atoms with van der Waals surface area (Å²) in [5.74, 6) is 0.113. The number of carboxylic acid groups (broad SMARTS) is 1. The highest BCUT2D eigenvalue weighted by atomic mass is 16.4. The summed E-state index contributed by atoms with van der Waals surface area (Å²) in [7, 11) is 0. The van der Waals surface area contributed by atoms with E-state index in [-0.39, 0.29) is 5.92 Å². The van der Waals surface area contributed by atoms with Crippen LogP contribution >= 0.6 is 0 Å². The van der Waals surface area contributed by atoms with Gasteiger partial charge in [-0.05, 0) is 44.2 Å². The second-order valence-electron chi connectivity index (χ2n) is 4.70. The van der Waals surface area contributed by atoms with Crippen LogP contribution in [0.4, 0.5) is 5.82 Å². The van der Waals surface area contributed by atoms with Gasteiger partial charge in [0.1, 0.15) is 5.82 Å². The van der Waals surface area contributed by atoms with Gasteiger partial charge in [-0.3, -0.25) is 4.79 Å². The Labute approximate surface area is 101 Å². The topological polar surface area (TPSA) is 62.2 Å².